The molecule has 29 heavy (non-hydrogen) atoms. The molecule has 0 radical (unpaired) electrons. The molecule has 0 aromatic heterocycles. The first-order valence-electron chi connectivity index (χ1n) is 8.87. The minimum absolute atomic E-state index is 0.312. The molecule has 2 aromatic carbocycles. The van der Waals surface area contributed by atoms with Crippen LogP contribution in [0.1, 0.15) is 17.2 Å². The van der Waals surface area contributed by atoms with E-state index in [1.807, 2.05) is 19.6 Å². The van der Waals surface area contributed by atoms with E-state index in [-0.39, 0.29) is 5.69 Å². The minimum atomic E-state index is -2.10. The first-order chi connectivity index (χ1) is 13.5. The highest BCUT2D eigenvalue weighted by Gasteiger charge is 2.27. The standard InChI is InChI=1S/C20H24F2N2O4Si/c1-27-11-12-5-7-13(8-6-12)18(28-20(23)26)19(25)24-16-9-15(22)17(10-14(16)21)29(2,3)4/h5-10,18H,11H2,1-4H3,(H2,23,26)(H,24,25). The number of benzene rings is 2. The Morgan fingerprint density at radius 1 is 1.10 bits per heavy atom. The van der Waals surface area contributed by atoms with Gasteiger partial charge < -0.3 is 20.5 Å². The molecule has 0 aliphatic rings. The van der Waals surface area contributed by atoms with Crippen molar-refractivity contribution in [2.45, 2.75) is 32.4 Å². The highest BCUT2D eigenvalue weighted by molar-refractivity contribution is 6.88. The SMILES string of the molecule is COCc1ccc(C(OC(N)=O)C(=O)Nc2cc(F)c([Si](C)(C)C)cc2F)cc1. The Hall–Kier alpha value is -2.78. The number of carbonyl (C=O) groups is 2. The zero-order chi connectivity index (χ0) is 21.8. The highest BCUT2D eigenvalue weighted by Crippen LogP contribution is 2.23. The Morgan fingerprint density at radius 2 is 1.72 bits per heavy atom. The highest BCUT2D eigenvalue weighted by atomic mass is 28.3. The fourth-order valence-corrected chi connectivity index (χ4v) is 4.11. The van der Waals surface area contributed by atoms with E-state index in [0.29, 0.717) is 17.4 Å². The number of nitrogens with two attached hydrogens (primary N) is 1. The van der Waals surface area contributed by atoms with Crippen molar-refractivity contribution in [2.24, 2.45) is 5.73 Å². The summed E-state index contributed by atoms with van der Waals surface area (Å²) >= 11 is 0. The number of ether oxygens (including phenoxy) is 2. The molecule has 0 aliphatic carbocycles. The fraction of sp³-hybridized carbons (Fsp3) is 0.300. The minimum Gasteiger partial charge on any atom is -0.431 e. The van der Waals surface area contributed by atoms with Crippen LogP contribution in [0.5, 0.6) is 0 Å². The molecule has 0 saturated carbocycles. The van der Waals surface area contributed by atoms with Crippen LogP contribution in [-0.2, 0) is 20.9 Å². The molecule has 9 heteroatoms. The average molecular weight is 423 g/mol. The normalized spacial score (nSPS) is 12.3. The van der Waals surface area contributed by atoms with Gasteiger partial charge in [0.25, 0.3) is 5.91 Å². The molecular formula is C20H24F2N2O4Si. The molecule has 2 rings (SSSR count). The smallest absolute Gasteiger partial charge is 0.405 e. The number of amides is 2. The molecular weight excluding hydrogens is 398 g/mol. The summed E-state index contributed by atoms with van der Waals surface area (Å²) in [6.07, 6.45) is -2.60. The zero-order valence-electron chi connectivity index (χ0n) is 16.7. The van der Waals surface area contributed by atoms with Crippen molar-refractivity contribution in [2.75, 3.05) is 12.4 Å². The number of anilines is 1. The molecule has 2 aromatic rings. The summed E-state index contributed by atoms with van der Waals surface area (Å²) in [4.78, 5) is 23.9. The van der Waals surface area contributed by atoms with Crippen molar-refractivity contribution in [3.63, 3.8) is 0 Å². The van der Waals surface area contributed by atoms with E-state index in [9.17, 15) is 18.4 Å². The molecule has 3 N–H and O–H groups in total. The molecule has 156 valence electrons. The summed E-state index contributed by atoms with van der Waals surface area (Å²) in [6, 6.07) is 8.53. The second kappa shape index (κ2) is 9.14. The van der Waals surface area contributed by atoms with Gasteiger partial charge in [-0.25, -0.2) is 13.6 Å². The number of hydrogen-bond donors (Lipinski definition) is 2. The Kier molecular flexibility index (Phi) is 7.10. The van der Waals surface area contributed by atoms with Crippen LogP contribution in [-0.4, -0.2) is 27.2 Å². The van der Waals surface area contributed by atoms with Crippen LogP contribution in [0.4, 0.5) is 19.3 Å². The van der Waals surface area contributed by atoms with Crippen LogP contribution in [0.15, 0.2) is 36.4 Å². The maximum Gasteiger partial charge on any atom is 0.405 e. The summed E-state index contributed by atoms with van der Waals surface area (Å²) in [6.45, 7) is 6.01. The number of hydrogen-bond acceptors (Lipinski definition) is 4. The van der Waals surface area contributed by atoms with Crippen LogP contribution in [0.2, 0.25) is 19.6 Å². The van der Waals surface area contributed by atoms with E-state index in [1.54, 1.807) is 31.4 Å². The number of halogens is 2. The molecule has 0 heterocycles. The monoisotopic (exact) mass is 422 g/mol. The Labute approximate surface area is 169 Å². The van der Waals surface area contributed by atoms with Crippen LogP contribution in [0.25, 0.3) is 0 Å². The number of nitrogens with one attached hydrogen (secondary N) is 1. The Balaban J connectivity index is 2.31. The maximum atomic E-state index is 14.5. The first kappa shape index (κ1) is 22.5. The fourth-order valence-electron chi connectivity index (χ4n) is 2.76. The first-order valence-corrected chi connectivity index (χ1v) is 12.4. The van der Waals surface area contributed by atoms with Crippen molar-refractivity contribution in [1.29, 1.82) is 0 Å². The summed E-state index contributed by atoms with van der Waals surface area (Å²) in [5.74, 6) is -2.23. The van der Waals surface area contributed by atoms with Crippen molar-refractivity contribution >= 4 is 30.9 Å². The van der Waals surface area contributed by atoms with Gasteiger partial charge in [0.15, 0.2) is 0 Å². The molecule has 0 bridgehead atoms. The van der Waals surface area contributed by atoms with Crippen LogP contribution in [0, 0.1) is 11.6 Å². The molecule has 1 atom stereocenters. The van der Waals surface area contributed by atoms with E-state index in [2.05, 4.69) is 5.32 Å². The van der Waals surface area contributed by atoms with E-state index in [4.69, 9.17) is 15.2 Å². The van der Waals surface area contributed by atoms with Gasteiger partial charge >= 0.3 is 6.09 Å². The van der Waals surface area contributed by atoms with Gasteiger partial charge in [-0.1, -0.05) is 43.9 Å². The third-order valence-electron chi connectivity index (χ3n) is 4.19. The summed E-state index contributed by atoms with van der Waals surface area (Å²) in [5, 5.41) is 2.59. The maximum absolute atomic E-state index is 14.5. The second-order valence-corrected chi connectivity index (χ2v) is 12.6. The van der Waals surface area contributed by atoms with Crippen molar-refractivity contribution in [1.82, 2.24) is 0 Å². The summed E-state index contributed by atoms with van der Waals surface area (Å²) in [5.41, 5.74) is 5.88. The molecule has 0 fully saturated rings. The molecule has 2 amide bonds. The summed E-state index contributed by atoms with van der Waals surface area (Å²) < 4.78 is 38.8. The lowest BCUT2D eigenvalue weighted by Gasteiger charge is -2.20. The average Bonchev–Trinajstić information content (AvgIpc) is 2.62. The lowest BCUT2D eigenvalue weighted by molar-refractivity contribution is -0.124. The van der Waals surface area contributed by atoms with Crippen molar-refractivity contribution in [3.8, 4) is 0 Å². The van der Waals surface area contributed by atoms with E-state index in [0.717, 1.165) is 17.7 Å². The predicted molar refractivity (Wildman–Crippen MR) is 109 cm³/mol. The predicted octanol–water partition coefficient (Wildman–Crippen LogP) is 3.43. The van der Waals surface area contributed by atoms with Crippen LogP contribution < -0.4 is 16.2 Å². The van der Waals surface area contributed by atoms with Crippen LogP contribution >= 0.6 is 0 Å². The van der Waals surface area contributed by atoms with Gasteiger partial charge in [-0.2, -0.15) is 0 Å². The van der Waals surface area contributed by atoms with Gasteiger partial charge in [0.2, 0.25) is 6.10 Å². The number of rotatable bonds is 7. The van der Waals surface area contributed by atoms with Crippen molar-refractivity contribution < 1.29 is 27.8 Å². The van der Waals surface area contributed by atoms with Gasteiger partial charge in [-0.15, -0.1) is 0 Å². The van der Waals surface area contributed by atoms with Crippen LogP contribution in [0.3, 0.4) is 0 Å². The van der Waals surface area contributed by atoms with Gasteiger partial charge in [0, 0.05) is 18.7 Å². The van der Waals surface area contributed by atoms with Crippen molar-refractivity contribution in [3.05, 3.63) is 59.2 Å². The zero-order valence-corrected chi connectivity index (χ0v) is 17.7. The van der Waals surface area contributed by atoms with E-state index in [1.165, 1.54) is 0 Å². The molecule has 0 saturated heterocycles. The van der Waals surface area contributed by atoms with Gasteiger partial charge in [-0.05, 0) is 16.8 Å². The topological polar surface area (TPSA) is 90.7 Å². The summed E-state index contributed by atoms with van der Waals surface area (Å²) in [7, 11) is -0.561. The lowest BCUT2D eigenvalue weighted by atomic mass is 10.1. The number of methoxy groups -OCH3 is 1. The Bertz CT molecular complexity index is 899. The molecule has 0 spiro atoms. The number of primary amides is 1. The van der Waals surface area contributed by atoms with E-state index < -0.39 is 37.8 Å². The van der Waals surface area contributed by atoms with Gasteiger partial charge in [0.1, 0.15) is 11.6 Å². The lowest BCUT2D eigenvalue weighted by Crippen LogP contribution is -2.40. The largest absolute Gasteiger partial charge is 0.431 e. The van der Waals surface area contributed by atoms with Gasteiger partial charge in [-0.3, -0.25) is 4.79 Å². The number of carbonyl (C=O) groups excluding carboxylic acids is 2. The van der Waals surface area contributed by atoms with E-state index >= 15 is 0 Å². The third-order valence-corrected chi connectivity index (χ3v) is 6.19. The third kappa shape index (κ3) is 5.85. The van der Waals surface area contributed by atoms with Gasteiger partial charge in [0.05, 0.1) is 20.4 Å². The molecule has 6 nitrogen and oxygen atoms in total. The Morgan fingerprint density at radius 3 is 2.24 bits per heavy atom. The molecule has 1 unspecified atom stereocenters. The molecule has 0 aliphatic heterocycles. The quantitative estimate of drug-likeness (QED) is 0.669. The second-order valence-electron chi connectivity index (χ2n) is 7.54.